The summed E-state index contributed by atoms with van der Waals surface area (Å²) in [6.07, 6.45) is 5.03. The molecule has 0 fully saturated rings. The summed E-state index contributed by atoms with van der Waals surface area (Å²) >= 11 is 3.46. The molecule has 1 N–H and O–H groups in total. The molecule has 0 aromatic carbocycles. The van der Waals surface area contributed by atoms with Crippen LogP contribution in [0.4, 0.5) is 0 Å². The minimum atomic E-state index is 0.903. The predicted molar refractivity (Wildman–Crippen MR) is 82.7 cm³/mol. The molecule has 0 atom stereocenters. The van der Waals surface area contributed by atoms with Crippen molar-refractivity contribution >= 4 is 32.9 Å². The molecule has 0 aliphatic rings. The smallest absolute Gasteiger partial charge is 0.125 e. The summed E-state index contributed by atoms with van der Waals surface area (Å²) in [6, 6.07) is 4.22. The molecule has 3 nitrogen and oxygen atoms in total. The van der Waals surface area contributed by atoms with Crippen molar-refractivity contribution in [3.8, 4) is 10.6 Å². The van der Waals surface area contributed by atoms with Crippen LogP contribution in [0.2, 0.25) is 0 Å². The van der Waals surface area contributed by atoms with Crippen LogP contribution in [0.25, 0.3) is 20.8 Å². The number of thiophene rings is 1. The van der Waals surface area contributed by atoms with Gasteiger partial charge in [-0.3, -0.25) is 4.98 Å². The largest absolute Gasteiger partial charge is 0.312 e. The molecule has 3 rings (SSSR count). The van der Waals surface area contributed by atoms with E-state index in [0.717, 1.165) is 35.6 Å². The van der Waals surface area contributed by atoms with Crippen molar-refractivity contribution < 1.29 is 0 Å². The van der Waals surface area contributed by atoms with Gasteiger partial charge in [0.1, 0.15) is 5.01 Å². The number of hydrogen-bond donors (Lipinski definition) is 1. The summed E-state index contributed by atoms with van der Waals surface area (Å²) < 4.78 is 1.22. The first kappa shape index (κ1) is 12.7. The van der Waals surface area contributed by atoms with Crippen LogP contribution in [0.15, 0.2) is 29.9 Å². The van der Waals surface area contributed by atoms with Crippen molar-refractivity contribution in [3.63, 3.8) is 0 Å². The number of thiazole rings is 1. The lowest BCUT2D eigenvalue weighted by Crippen LogP contribution is -2.12. The van der Waals surface area contributed by atoms with Crippen LogP contribution in [0, 0.1) is 0 Å². The molecule has 0 aliphatic carbocycles. The lowest BCUT2D eigenvalue weighted by atomic mass is 10.3. The first-order chi connectivity index (χ1) is 9.36. The summed E-state index contributed by atoms with van der Waals surface area (Å²) in [5.41, 5.74) is 2.18. The molecule has 0 aliphatic heterocycles. The third-order valence-electron chi connectivity index (χ3n) is 2.83. The second kappa shape index (κ2) is 5.77. The van der Waals surface area contributed by atoms with Crippen molar-refractivity contribution in [2.75, 3.05) is 6.54 Å². The van der Waals surface area contributed by atoms with E-state index in [2.05, 4.69) is 33.7 Å². The molecule has 5 heteroatoms. The Hall–Kier alpha value is -1.30. The average Bonchev–Trinajstić information content (AvgIpc) is 3.06. The van der Waals surface area contributed by atoms with E-state index in [1.165, 1.54) is 9.58 Å². The Morgan fingerprint density at radius 1 is 1.26 bits per heavy atom. The van der Waals surface area contributed by atoms with E-state index < -0.39 is 0 Å². The van der Waals surface area contributed by atoms with Gasteiger partial charge in [-0.2, -0.15) is 0 Å². The highest BCUT2D eigenvalue weighted by molar-refractivity contribution is 7.17. The third-order valence-corrected chi connectivity index (χ3v) is 4.73. The van der Waals surface area contributed by atoms with Gasteiger partial charge in [0.2, 0.25) is 0 Å². The van der Waals surface area contributed by atoms with E-state index in [1.807, 2.05) is 18.5 Å². The zero-order valence-electron chi connectivity index (χ0n) is 10.7. The Balaban J connectivity index is 1.81. The first-order valence-corrected chi connectivity index (χ1v) is 8.05. The van der Waals surface area contributed by atoms with Crippen LogP contribution < -0.4 is 5.32 Å². The van der Waals surface area contributed by atoms with Gasteiger partial charge in [0.25, 0.3) is 0 Å². The first-order valence-electron chi connectivity index (χ1n) is 6.36. The fourth-order valence-electron chi connectivity index (χ4n) is 1.87. The molecule has 0 saturated heterocycles. The minimum absolute atomic E-state index is 0.903. The summed E-state index contributed by atoms with van der Waals surface area (Å²) in [4.78, 5) is 10.2. The van der Waals surface area contributed by atoms with Crippen molar-refractivity contribution in [1.82, 2.24) is 15.3 Å². The SMILES string of the molecule is CCCNCc1cnc(-c2cnc3ccsc3c2)s1. The lowest BCUT2D eigenvalue weighted by Gasteiger charge is -1.98. The number of nitrogens with zero attached hydrogens (tertiary/aromatic N) is 2. The molecule has 19 heavy (non-hydrogen) atoms. The summed E-state index contributed by atoms with van der Waals surface area (Å²) in [5, 5.41) is 6.52. The molecule has 0 radical (unpaired) electrons. The number of aromatic nitrogens is 2. The normalized spacial score (nSPS) is 11.2. The van der Waals surface area contributed by atoms with Crippen LogP contribution in [-0.4, -0.2) is 16.5 Å². The van der Waals surface area contributed by atoms with Gasteiger partial charge in [-0.25, -0.2) is 4.98 Å². The number of pyridine rings is 1. The molecule has 3 aromatic rings. The van der Waals surface area contributed by atoms with Gasteiger partial charge in [-0.15, -0.1) is 22.7 Å². The Morgan fingerprint density at radius 2 is 2.21 bits per heavy atom. The Morgan fingerprint density at radius 3 is 3.11 bits per heavy atom. The minimum Gasteiger partial charge on any atom is -0.312 e. The number of nitrogens with one attached hydrogen (secondary N) is 1. The molecule has 0 unspecified atom stereocenters. The Kier molecular flexibility index (Phi) is 3.87. The van der Waals surface area contributed by atoms with Gasteiger partial charge in [0, 0.05) is 29.4 Å². The molecular formula is C14H15N3S2. The molecule has 0 bridgehead atoms. The maximum absolute atomic E-state index is 4.50. The Labute approximate surface area is 120 Å². The molecule has 3 aromatic heterocycles. The van der Waals surface area contributed by atoms with Gasteiger partial charge in [0.05, 0.1) is 10.2 Å². The van der Waals surface area contributed by atoms with Crippen molar-refractivity contribution in [3.05, 3.63) is 34.8 Å². The van der Waals surface area contributed by atoms with Crippen molar-refractivity contribution in [1.29, 1.82) is 0 Å². The molecule has 0 amide bonds. The third kappa shape index (κ3) is 2.83. The van der Waals surface area contributed by atoms with E-state index in [-0.39, 0.29) is 0 Å². The fraction of sp³-hybridized carbons (Fsp3) is 0.286. The highest BCUT2D eigenvalue weighted by Crippen LogP contribution is 2.28. The van der Waals surface area contributed by atoms with E-state index in [1.54, 1.807) is 22.7 Å². The maximum Gasteiger partial charge on any atom is 0.125 e. The van der Waals surface area contributed by atoms with E-state index >= 15 is 0 Å². The highest BCUT2D eigenvalue weighted by Gasteiger charge is 2.06. The molecular weight excluding hydrogens is 274 g/mol. The van der Waals surface area contributed by atoms with Gasteiger partial charge in [-0.05, 0) is 30.5 Å². The van der Waals surface area contributed by atoms with Crippen LogP contribution >= 0.6 is 22.7 Å². The van der Waals surface area contributed by atoms with Crippen LogP contribution in [0.3, 0.4) is 0 Å². The van der Waals surface area contributed by atoms with Gasteiger partial charge < -0.3 is 5.32 Å². The van der Waals surface area contributed by atoms with Crippen molar-refractivity contribution in [2.45, 2.75) is 19.9 Å². The second-order valence-electron chi connectivity index (χ2n) is 4.34. The Bertz CT molecular complexity index is 672. The quantitative estimate of drug-likeness (QED) is 0.723. The number of rotatable bonds is 5. The monoisotopic (exact) mass is 289 g/mol. The highest BCUT2D eigenvalue weighted by atomic mass is 32.1. The number of hydrogen-bond acceptors (Lipinski definition) is 5. The molecule has 3 heterocycles. The van der Waals surface area contributed by atoms with Gasteiger partial charge in [-0.1, -0.05) is 6.92 Å². The molecule has 98 valence electrons. The van der Waals surface area contributed by atoms with Crippen molar-refractivity contribution in [2.24, 2.45) is 0 Å². The average molecular weight is 289 g/mol. The predicted octanol–water partition coefficient (Wildman–Crippen LogP) is 3.92. The van der Waals surface area contributed by atoms with Gasteiger partial charge in [0.15, 0.2) is 0 Å². The summed E-state index contributed by atoms with van der Waals surface area (Å²) in [7, 11) is 0. The fourth-order valence-corrected chi connectivity index (χ4v) is 3.52. The zero-order valence-corrected chi connectivity index (χ0v) is 12.4. The summed E-state index contributed by atoms with van der Waals surface area (Å²) in [5.74, 6) is 0. The number of fused-ring (bicyclic) bond motifs is 1. The van der Waals surface area contributed by atoms with Crippen LogP contribution in [0.5, 0.6) is 0 Å². The van der Waals surface area contributed by atoms with E-state index in [0.29, 0.717) is 0 Å². The topological polar surface area (TPSA) is 37.8 Å². The second-order valence-corrected chi connectivity index (χ2v) is 6.40. The van der Waals surface area contributed by atoms with Crippen LogP contribution in [-0.2, 0) is 6.54 Å². The standard InChI is InChI=1S/C14H15N3S2/c1-2-4-15-8-11-9-17-14(19-11)10-6-13-12(16-7-10)3-5-18-13/h3,5-7,9,15H,2,4,8H2,1H3. The molecule has 0 spiro atoms. The summed E-state index contributed by atoms with van der Waals surface area (Å²) in [6.45, 7) is 4.13. The van der Waals surface area contributed by atoms with Crippen LogP contribution in [0.1, 0.15) is 18.2 Å². The van der Waals surface area contributed by atoms with E-state index in [9.17, 15) is 0 Å². The van der Waals surface area contributed by atoms with Gasteiger partial charge >= 0.3 is 0 Å². The maximum atomic E-state index is 4.50. The van der Waals surface area contributed by atoms with E-state index in [4.69, 9.17) is 0 Å². The molecule has 0 saturated carbocycles. The lowest BCUT2D eigenvalue weighted by molar-refractivity contribution is 0.681. The zero-order chi connectivity index (χ0) is 13.1.